The lowest BCUT2D eigenvalue weighted by atomic mass is 9.72. The van der Waals surface area contributed by atoms with Gasteiger partial charge in [-0.15, -0.1) is 0 Å². The summed E-state index contributed by atoms with van der Waals surface area (Å²) in [6, 6.07) is 15.4. The quantitative estimate of drug-likeness (QED) is 0.714. The van der Waals surface area contributed by atoms with Gasteiger partial charge in [-0.25, -0.2) is 0 Å². The highest BCUT2D eigenvalue weighted by molar-refractivity contribution is 6.30. The molecule has 3 rings (SSSR count). The van der Waals surface area contributed by atoms with Crippen LogP contribution in [0.25, 0.3) is 0 Å². The second-order valence-electron chi connectivity index (χ2n) is 6.59. The van der Waals surface area contributed by atoms with E-state index in [4.69, 9.17) is 23.2 Å². The smallest absolute Gasteiger partial charge is 0.229 e. The molecule has 4 heteroatoms. The molecule has 0 N–H and O–H groups in total. The number of hydrogen-bond donors (Lipinski definition) is 0. The van der Waals surface area contributed by atoms with E-state index in [-0.39, 0.29) is 17.4 Å². The summed E-state index contributed by atoms with van der Waals surface area (Å²) in [4.78, 5) is 14.5. The molecule has 1 atom stereocenters. The molecule has 0 bridgehead atoms. The van der Waals surface area contributed by atoms with E-state index in [1.165, 1.54) is 0 Å². The summed E-state index contributed by atoms with van der Waals surface area (Å²) in [5.41, 5.74) is 1.98. The van der Waals surface area contributed by atoms with Gasteiger partial charge in [0.1, 0.15) is 0 Å². The van der Waals surface area contributed by atoms with Crippen LogP contribution in [0.4, 0.5) is 0 Å². The fourth-order valence-corrected chi connectivity index (χ4v) is 3.66. The highest BCUT2D eigenvalue weighted by Crippen LogP contribution is 2.40. The number of halogens is 2. The van der Waals surface area contributed by atoms with Crippen molar-refractivity contribution in [3.05, 3.63) is 69.7 Å². The van der Waals surface area contributed by atoms with Crippen LogP contribution < -0.4 is 0 Å². The van der Waals surface area contributed by atoms with E-state index < -0.39 is 0 Å². The molecule has 2 aromatic rings. The Bertz CT molecular complexity index is 682. The molecule has 0 aliphatic carbocycles. The van der Waals surface area contributed by atoms with Crippen LogP contribution >= 0.6 is 23.2 Å². The first-order valence-electron chi connectivity index (χ1n) is 7.68. The standard InChI is InChI=1S/C19H19Cl2NO/c1-19(2)17(11-13-5-3-7-15(20)9-13)18(23)22(19)12-14-6-4-8-16(21)10-14/h3-10,17H,11-12H2,1-2H3. The number of amides is 1. The Morgan fingerprint density at radius 3 is 2.13 bits per heavy atom. The van der Waals surface area contributed by atoms with Gasteiger partial charge in [-0.3, -0.25) is 4.79 Å². The van der Waals surface area contributed by atoms with Crippen molar-refractivity contribution in [1.82, 2.24) is 4.90 Å². The van der Waals surface area contributed by atoms with Crippen LogP contribution in [0.15, 0.2) is 48.5 Å². The van der Waals surface area contributed by atoms with Gasteiger partial charge in [-0.1, -0.05) is 47.5 Å². The predicted molar refractivity (Wildman–Crippen MR) is 94.7 cm³/mol. The number of benzene rings is 2. The first-order chi connectivity index (χ1) is 10.9. The molecule has 0 saturated carbocycles. The molecule has 0 spiro atoms. The topological polar surface area (TPSA) is 20.3 Å². The molecular formula is C19H19Cl2NO. The highest BCUT2D eigenvalue weighted by Gasteiger charge is 2.53. The molecule has 2 nitrogen and oxygen atoms in total. The Labute approximate surface area is 147 Å². The van der Waals surface area contributed by atoms with Crippen LogP contribution in [-0.4, -0.2) is 16.3 Å². The predicted octanol–water partition coefficient (Wildman–Crippen LogP) is 4.97. The lowest BCUT2D eigenvalue weighted by molar-refractivity contribution is -0.168. The summed E-state index contributed by atoms with van der Waals surface area (Å²) in [5, 5.41) is 1.41. The first-order valence-corrected chi connectivity index (χ1v) is 8.44. The van der Waals surface area contributed by atoms with Crippen molar-refractivity contribution in [3.8, 4) is 0 Å². The monoisotopic (exact) mass is 347 g/mol. The van der Waals surface area contributed by atoms with E-state index in [1.807, 2.05) is 53.4 Å². The van der Waals surface area contributed by atoms with Crippen molar-refractivity contribution in [1.29, 1.82) is 0 Å². The molecule has 1 saturated heterocycles. The van der Waals surface area contributed by atoms with Gasteiger partial charge in [0.2, 0.25) is 5.91 Å². The SMILES string of the molecule is CC1(C)C(Cc2cccc(Cl)c2)C(=O)N1Cc1cccc(Cl)c1. The Morgan fingerprint density at radius 1 is 1.00 bits per heavy atom. The number of rotatable bonds is 4. The van der Waals surface area contributed by atoms with E-state index in [0.717, 1.165) is 17.5 Å². The third-order valence-electron chi connectivity index (χ3n) is 4.67. The maximum atomic E-state index is 12.6. The summed E-state index contributed by atoms with van der Waals surface area (Å²) in [6.07, 6.45) is 0.721. The fourth-order valence-electron chi connectivity index (χ4n) is 3.23. The minimum atomic E-state index is -0.179. The zero-order valence-electron chi connectivity index (χ0n) is 13.2. The third-order valence-corrected chi connectivity index (χ3v) is 5.14. The number of β-lactam (4-membered cyclic amide) rings is 1. The maximum Gasteiger partial charge on any atom is 0.229 e. The van der Waals surface area contributed by atoms with Crippen molar-refractivity contribution in [2.24, 2.45) is 5.92 Å². The fraction of sp³-hybridized carbons (Fsp3) is 0.316. The zero-order valence-corrected chi connectivity index (χ0v) is 14.7. The van der Waals surface area contributed by atoms with Crippen molar-refractivity contribution < 1.29 is 4.79 Å². The molecule has 23 heavy (non-hydrogen) atoms. The zero-order chi connectivity index (χ0) is 16.6. The van der Waals surface area contributed by atoms with Gasteiger partial charge in [-0.05, 0) is 55.7 Å². The maximum absolute atomic E-state index is 12.6. The van der Waals surface area contributed by atoms with E-state index in [9.17, 15) is 4.79 Å². The molecule has 1 heterocycles. The Hall–Kier alpha value is -1.51. The number of nitrogens with zero attached hydrogens (tertiary/aromatic N) is 1. The molecular weight excluding hydrogens is 329 g/mol. The van der Waals surface area contributed by atoms with Crippen molar-refractivity contribution in [3.63, 3.8) is 0 Å². The number of carbonyl (C=O) groups excluding carboxylic acids is 1. The van der Waals surface area contributed by atoms with E-state index in [1.54, 1.807) is 0 Å². The molecule has 1 amide bonds. The molecule has 0 aromatic heterocycles. The molecule has 1 fully saturated rings. The average molecular weight is 348 g/mol. The van der Waals surface area contributed by atoms with Crippen LogP contribution in [-0.2, 0) is 17.8 Å². The molecule has 120 valence electrons. The molecule has 1 unspecified atom stereocenters. The van der Waals surface area contributed by atoms with Crippen molar-refractivity contribution in [2.45, 2.75) is 32.4 Å². The van der Waals surface area contributed by atoms with E-state index >= 15 is 0 Å². The summed E-state index contributed by atoms with van der Waals surface area (Å²) in [5.74, 6) is 0.176. The van der Waals surface area contributed by atoms with Gasteiger partial charge in [-0.2, -0.15) is 0 Å². The van der Waals surface area contributed by atoms with Crippen molar-refractivity contribution >= 4 is 29.1 Å². The van der Waals surface area contributed by atoms with Gasteiger partial charge < -0.3 is 4.90 Å². The highest BCUT2D eigenvalue weighted by atomic mass is 35.5. The number of likely N-dealkylation sites (tertiary alicyclic amines) is 1. The molecule has 2 aromatic carbocycles. The summed E-state index contributed by atoms with van der Waals surface area (Å²) in [6.45, 7) is 4.83. The minimum absolute atomic E-state index is 0.0137. The Balaban J connectivity index is 1.73. The largest absolute Gasteiger partial charge is 0.332 e. The van der Waals surface area contributed by atoms with Crippen LogP contribution in [0.5, 0.6) is 0 Å². The van der Waals surface area contributed by atoms with Gasteiger partial charge in [0, 0.05) is 22.1 Å². The van der Waals surface area contributed by atoms with Gasteiger partial charge in [0.15, 0.2) is 0 Å². The molecule has 1 aliphatic rings. The minimum Gasteiger partial charge on any atom is -0.332 e. The first kappa shape index (κ1) is 16.4. The van der Waals surface area contributed by atoms with Gasteiger partial charge in [0.05, 0.1) is 5.92 Å². The molecule has 0 radical (unpaired) electrons. The summed E-state index contributed by atoms with van der Waals surface area (Å²) in [7, 11) is 0. The summed E-state index contributed by atoms with van der Waals surface area (Å²) < 4.78 is 0. The van der Waals surface area contributed by atoms with Crippen LogP contribution in [0.2, 0.25) is 10.0 Å². The second-order valence-corrected chi connectivity index (χ2v) is 7.47. The average Bonchev–Trinajstić information content (AvgIpc) is 2.50. The van der Waals surface area contributed by atoms with Crippen LogP contribution in [0, 0.1) is 5.92 Å². The number of carbonyl (C=O) groups is 1. The normalized spacial score (nSPS) is 19.6. The lowest BCUT2D eigenvalue weighted by Gasteiger charge is -2.54. The van der Waals surface area contributed by atoms with Gasteiger partial charge in [0.25, 0.3) is 0 Å². The van der Waals surface area contributed by atoms with E-state index in [2.05, 4.69) is 13.8 Å². The van der Waals surface area contributed by atoms with Crippen LogP contribution in [0.1, 0.15) is 25.0 Å². The summed E-state index contributed by atoms with van der Waals surface area (Å²) >= 11 is 12.1. The Morgan fingerprint density at radius 2 is 1.57 bits per heavy atom. The Kier molecular flexibility index (Phi) is 4.39. The second kappa shape index (κ2) is 6.18. The van der Waals surface area contributed by atoms with Gasteiger partial charge >= 0.3 is 0 Å². The number of hydrogen-bond acceptors (Lipinski definition) is 1. The molecule has 1 aliphatic heterocycles. The lowest BCUT2D eigenvalue weighted by Crippen LogP contribution is -2.67. The van der Waals surface area contributed by atoms with Crippen LogP contribution in [0.3, 0.4) is 0 Å². The van der Waals surface area contributed by atoms with Crippen molar-refractivity contribution in [2.75, 3.05) is 0 Å². The van der Waals surface area contributed by atoms with E-state index in [0.29, 0.717) is 16.6 Å². The third kappa shape index (κ3) is 3.24.